The molecule has 0 radical (unpaired) electrons. The molecule has 1 aromatic carbocycles. The molecule has 0 aliphatic heterocycles. The van der Waals surface area contributed by atoms with Gasteiger partial charge in [-0.25, -0.2) is 9.97 Å². The fourth-order valence-electron chi connectivity index (χ4n) is 2.16. The molecule has 1 amide bonds. The number of hydrogen-bond donors (Lipinski definition) is 1. The number of carbonyl (C=O) groups is 1. The number of hydrogen-bond acceptors (Lipinski definition) is 3. The van der Waals surface area contributed by atoms with Gasteiger partial charge in [0.25, 0.3) is 5.91 Å². The van der Waals surface area contributed by atoms with E-state index in [0.717, 1.165) is 29.9 Å². The van der Waals surface area contributed by atoms with Crippen molar-refractivity contribution in [2.45, 2.75) is 32.2 Å². The highest BCUT2D eigenvalue weighted by Crippen LogP contribution is 2.37. The summed E-state index contributed by atoms with van der Waals surface area (Å²) >= 11 is 6.07. The van der Waals surface area contributed by atoms with E-state index in [2.05, 4.69) is 15.3 Å². The van der Waals surface area contributed by atoms with Crippen LogP contribution >= 0.6 is 11.6 Å². The lowest BCUT2D eigenvalue weighted by Crippen LogP contribution is -2.24. The van der Waals surface area contributed by atoms with E-state index in [4.69, 9.17) is 11.6 Å². The van der Waals surface area contributed by atoms with Gasteiger partial charge in [-0.1, -0.05) is 29.8 Å². The molecule has 0 atom stereocenters. The molecule has 1 aromatic heterocycles. The van der Waals surface area contributed by atoms with Gasteiger partial charge in [-0.3, -0.25) is 4.79 Å². The zero-order chi connectivity index (χ0) is 14.8. The number of nitrogens with one attached hydrogen (secondary N) is 1. The van der Waals surface area contributed by atoms with Crippen molar-refractivity contribution in [1.82, 2.24) is 15.3 Å². The molecule has 0 spiro atoms. The third kappa shape index (κ3) is 3.22. The van der Waals surface area contributed by atoms with E-state index in [1.54, 1.807) is 6.20 Å². The maximum Gasteiger partial charge on any atom is 0.254 e. The lowest BCUT2D eigenvalue weighted by Gasteiger charge is -2.09. The Labute approximate surface area is 128 Å². The molecule has 5 heteroatoms. The van der Waals surface area contributed by atoms with Crippen molar-refractivity contribution in [3.05, 3.63) is 58.1 Å². The van der Waals surface area contributed by atoms with Gasteiger partial charge in [0.15, 0.2) is 0 Å². The lowest BCUT2D eigenvalue weighted by molar-refractivity contribution is 0.0949. The van der Waals surface area contributed by atoms with Gasteiger partial charge in [-0.15, -0.1) is 0 Å². The molecule has 1 aliphatic rings. The van der Waals surface area contributed by atoms with Gasteiger partial charge >= 0.3 is 0 Å². The fraction of sp³-hybridized carbons (Fsp3) is 0.312. The molecule has 1 heterocycles. The lowest BCUT2D eigenvalue weighted by atomic mass is 10.2. The molecule has 1 fully saturated rings. The Kier molecular flexibility index (Phi) is 3.88. The molecule has 2 aromatic rings. The van der Waals surface area contributed by atoms with E-state index < -0.39 is 0 Å². The van der Waals surface area contributed by atoms with E-state index >= 15 is 0 Å². The summed E-state index contributed by atoms with van der Waals surface area (Å²) in [5, 5.41) is 3.51. The minimum absolute atomic E-state index is 0.172. The van der Waals surface area contributed by atoms with Crippen molar-refractivity contribution in [3.8, 4) is 0 Å². The van der Waals surface area contributed by atoms with Crippen molar-refractivity contribution in [3.63, 3.8) is 0 Å². The molecule has 4 nitrogen and oxygen atoms in total. The molecular formula is C16H16ClN3O. The Hall–Kier alpha value is -1.94. The predicted molar refractivity (Wildman–Crippen MR) is 81.4 cm³/mol. The molecular weight excluding hydrogens is 286 g/mol. The maximum atomic E-state index is 12.2. The molecule has 0 bridgehead atoms. The third-order valence-electron chi connectivity index (χ3n) is 3.58. The summed E-state index contributed by atoms with van der Waals surface area (Å²) in [6.45, 7) is 2.24. The largest absolute Gasteiger partial charge is 0.348 e. The Morgan fingerprint density at radius 1 is 1.38 bits per heavy atom. The number of amides is 1. The zero-order valence-corrected chi connectivity index (χ0v) is 12.5. The quantitative estimate of drug-likeness (QED) is 0.943. The van der Waals surface area contributed by atoms with E-state index in [-0.39, 0.29) is 5.91 Å². The van der Waals surface area contributed by atoms with Gasteiger partial charge in [-0.2, -0.15) is 0 Å². The zero-order valence-electron chi connectivity index (χ0n) is 11.8. The molecule has 108 valence electrons. The van der Waals surface area contributed by atoms with Crippen LogP contribution in [0.5, 0.6) is 0 Å². The SMILES string of the molecule is Cc1nc(C2CC2)ncc1C(=O)NCc1ccccc1Cl. The molecule has 1 aliphatic carbocycles. The fourth-order valence-corrected chi connectivity index (χ4v) is 2.36. The third-order valence-corrected chi connectivity index (χ3v) is 3.95. The number of rotatable bonds is 4. The van der Waals surface area contributed by atoms with E-state index in [1.165, 1.54) is 0 Å². The predicted octanol–water partition coefficient (Wildman–Crippen LogP) is 3.25. The number of aromatic nitrogens is 2. The first kappa shape index (κ1) is 14.0. The first-order valence-corrected chi connectivity index (χ1v) is 7.38. The molecule has 1 N–H and O–H groups in total. The van der Waals surface area contributed by atoms with Crippen molar-refractivity contribution in [2.24, 2.45) is 0 Å². The average Bonchev–Trinajstić information content (AvgIpc) is 3.30. The minimum atomic E-state index is -0.172. The van der Waals surface area contributed by atoms with Crippen LogP contribution in [0.25, 0.3) is 0 Å². The first-order valence-electron chi connectivity index (χ1n) is 7.00. The summed E-state index contributed by atoms with van der Waals surface area (Å²) in [6.07, 6.45) is 3.92. The summed E-state index contributed by atoms with van der Waals surface area (Å²) in [5.74, 6) is 1.17. The Balaban J connectivity index is 1.69. The van der Waals surface area contributed by atoms with Gasteiger partial charge in [0.2, 0.25) is 0 Å². The minimum Gasteiger partial charge on any atom is -0.348 e. The molecule has 0 saturated heterocycles. The number of aryl methyl sites for hydroxylation is 1. The normalized spacial score (nSPS) is 14.0. The number of halogens is 1. The van der Waals surface area contributed by atoms with Crippen molar-refractivity contribution in [1.29, 1.82) is 0 Å². The topological polar surface area (TPSA) is 54.9 Å². The van der Waals surface area contributed by atoms with Crippen molar-refractivity contribution < 1.29 is 4.79 Å². The van der Waals surface area contributed by atoms with Gasteiger partial charge in [0, 0.05) is 23.7 Å². The second-order valence-electron chi connectivity index (χ2n) is 5.28. The maximum absolute atomic E-state index is 12.2. The van der Waals surface area contributed by atoms with E-state index in [9.17, 15) is 4.79 Å². The van der Waals surface area contributed by atoms with Crippen LogP contribution in [0.3, 0.4) is 0 Å². The smallest absolute Gasteiger partial charge is 0.254 e. The summed E-state index contributed by atoms with van der Waals surface area (Å²) in [4.78, 5) is 20.9. The van der Waals surface area contributed by atoms with Crippen LogP contribution in [0.15, 0.2) is 30.5 Å². The van der Waals surface area contributed by atoms with Crippen LogP contribution in [0, 0.1) is 6.92 Å². The van der Waals surface area contributed by atoms with Crippen molar-refractivity contribution >= 4 is 17.5 Å². The van der Waals surface area contributed by atoms with E-state index in [1.807, 2.05) is 31.2 Å². The molecule has 0 unspecified atom stereocenters. The summed E-state index contributed by atoms with van der Waals surface area (Å²) in [6, 6.07) is 7.46. The second-order valence-corrected chi connectivity index (χ2v) is 5.68. The highest BCUT2D eigenvalue weighted by atomic mass is 35.5. The van der Waals surface area contributed by atoms with Gasteiger partial charge in [0.05, 0.1) is 11.3 Å². The van der Waals surface area contributed by atoms with Gasteiger partial charge < -0.3 is 5.32 Å². The highest BCUT2D eigenvalue weighted by molar-refractivity contribution is 6.31. The van der Waals surface area contributed by atoms with Crippen LogP contribution in [-0.4, -0.2) is 15.9 Å². The Morgan fingerprint density at radius 2 is 2.14 bits per heavy atom. The van der Waals surface area contributed by atoms with Crippen LogP contribution in [0.2, 0.25) is 5.02 Å². The standard InChI is InChI=1S/C16H16ClN3O/c1-10-13(9-18-15(20-10)11-6-7-11)16(21)19-8-12-4-2-3-5-14(12)17/h2-5,9,11H,6-8H2,1H3,(H,19,21). The summed E-state index contributed by atoms with van der Waals surface area (Å²) in [5.41, 5.74) is 2.13. The number of benzene rings is 1. The van der Waals surface area contributed by atoms with Crippen LogP contribution in [-0.2, 0) is 6.54 Å². The van der Waals surface area contributed by atoms with Gasteiger partial charge in [0.1, 0.15) is 5.82 Å². The van der Waals surface area contributed by atoms with Crippen LogP contribution in [0.1, 0.15) is 46.2 Å². The molecule has 21 heavy (non-hydrogen) atoms. The second kappa shape index (κ2) is 5.82. The Morgan fingerprint density at radius 3 is 2.81 bits per heavy atom. The van der Waals surface area contributed by atoms with Crippen LogP contribution < -0.4 is 5.32 Å². The Bertz CT molecular complexity index is 683. The number of carbonyl (C=O) groups excluding carboxylic acids is 1. The first-order chi connectivity index (χ1) is 10.1. The van der Waals surface area contributed by atoms with Gasteiger partial charge in [-0.05, 0) is 31.4 Å². The number of nitrogens with zero attached hydrogens (tertiary/aromatic N) is 2. The summed E-state index contributed by atoms with van der Waals surface area (Å²) in [7, 11) is 0. The molecule has 1 saturated carbocycles. The summed E-state index contributed by atoms with van der Waals surface area (Å²) < 4.78 is 0. The van der Waals surface area contributed by atoms with Crippen LogP contribution in [0.4, 0.5) is 0 Å². The molecule has 3 rings (SSSR count). The average molecular weight is 302 g/mol. The highest BCUT2D eigenvalue weighted by Gasteiger charge is 2.27. The van der Waals surface area contributed by atoms with E-state index in [0.29, 0.717) is 23.0 Å². The van der Waals surface area contributed by atoms with Crippen molar-refractivity contribution in [2.75, 3.05) is 0 Å². The monoisotopic (exact) mass is 301 g/mol.